The van der Waals surface area contributed by atoms with E-state index in [4.69, 9.17) is 10.3 Å². The molecule has 0 aliphatic carbocycles. The Morgan fingerprint density at radius 1 is 1.28 bits per heavy atom. The number of aryl methyl sites for hydroxylation is 1. The third-order valence-corrected chi connectivity index (χ3v) is 4.50. The number of carbonyl (C=O) groups is 1. The zero-order chi connectivity index (χ0) is 20.5. The van der Waals surface area contributed by atoms with E-state index in [1.165, 1.54) is 16.8 Å². The molecule has 1 amide bonds. The van der Waals surface area contributed by atoms with Crippen molar-refractivity contribution >= 4 is 28.4 Å². The van der Waals surface area contributed by atoms with E-state index in [9.17, 15) is 13.6 Å². The van der Waals surface area contributed by atoms with E-state index >= 15 is 0 Å². The van der Waals surface area contributed by atoms with Crippen molar-refractivity contribution < 1.29 is 18.1 Å². The lowest BCUT2D eigenvalue weighted by atomic mass is 10.2. The molecule has 0 radical (unpaired) electrons. The molecule has 1 aromatic carbocycles. The van der Waals surface area contributed by atoms with E-state index in [0.29, 0.717) is 31.6 Å². The molecule has 0 bridgehead atoms. The molecular weight excluding hydrogens is 384 g/mol. The van der Waals surface area contributed by atoms with Crippen LogP contribution in [0, 0.1) is 11.6 Å². The fraction of sp³-hybridized carbons (Fsp3) is 0.278. The summed E-state index contributed by atoms with van der Waals surface area (Å²) in [7, 11) is 1.68. The fourth-order valence-corrected chi connectivity index (χ4v) is 3.05. The number of amides is 1. The maximum absolute atomic E-state index is 14.0. The highest BCUT2D eigenvalue weighted by Gasteiger charge is 2.17. The monoisotopic (exact) mass is 401 g/mol. The van der Waals surface area contributed by atoms with Crippen molar-refractivity contribution in [1.82, 2.24) is 29.6 Å². The van der Waals surface area contributed by atoms with Crippen molar-refractivity contribution in [1.29, 1.82) is 0 Å². The van der Waals surface area contributed by atoms with Gasteiger partial charge in [0.15, 0.2) is 17.3 Å². The van der Waals surface area contributed by atoms with E-state index in [2.05, 4.69) is 20.2 Å². The van der Waals surface area contributed by atoms with Crippen molar-refractivity contribution in [2.24, 2.45) is 0 Å². The number of fused-ring (bicyclic) bond motifs is 3. The first-order valence-electron chi connectivity index (χ1n) is 8.90. The van der Waals surface area contributed by atoms with Gasteiger partial charge in [0, 0.05) is 32.1 Å². The number of nitrogen functional groups attached to an aromatic ring is 1. The van der Waals surface area contributed by atoms with Crippen LogP contribution in [0.5, 0.6) is 0 Å². The molecule has 3 aromatic heterocycles. The highest BCUT2D eigenvalue weighted by molar-refractivity contribution is 5.92. The largest absolute Gasteiger partial charge is 0.368 e. The van der Waals surface area contributed by atoms with Gasteiger partial charge in [-0.25, -0.2) is 18.7 Å². The van der Waals surface area contributed by atoms with Gasteiger partial charge in [-0.2, -0.15) is 4.52 Å². The molecule has 0 atom stereocenters. The summed E-state index contributed by atoms with van der Waals surface area (Å²) >= 11 is 0. The van der Waals surface area contributed by atoms with Crippen LogP contribution in [-0.2, 0) is 6.42 Å². The highest BCUT2D eigenvalue weighted by Crippen LogP contribution is 2.23. The molecule has 0 saturated carbocycles. The van der Waals surface area contributed by atoms with Gasteiger partial charge in [0.05, 0.1) is 11.6 Å². The van der Waals surface area contributed by atoms with Gasteiger partial charge in [-0.05, 0) is 18.9 Å². The van der Waals surface area contributed by atoms with Crippen molar-refractivity contribution in [3.05, 3.63) is 47.6 Å². The van der Waals surface area contributed by atoms with E-state index in [0.717, 1.165) is 12.1 Å². The number of nitrogens with two attached hydrogens (primary N) is 1. The van der Waals surface area contributed by atoms with Crippen LogP contribution >= 0.6 is 0 Å². The molecule has 150 valence electrons. The summed E-state index contributed by atoms with van der Waals surface area (Å²) in [5.74, 6) is -1.16. The van der Waals surface area contributed by atoms with E-state index < -0.39 is 11.6 Å². The first kappa shape index (κ1) is 18.7. The fourth-order valence-electron chi connectivity index (χ4n) is 3.05. The van der Waals surface area contributed by atoms with Crippen LogP contribution in [0.1, 0.15) is 29.2 Å². The number of halogens is 2. The molecule has 0 aliphatic rings. The minimum atomic E-state index is -0.807. The molecule has 4 aromatic rings. The molecule has 3 heterocycles. The summed E-state index contributed by atoms with van der Waals surface area (Å²) in [5.41, 5.74) is 6.04. The van der Waals surface area contributed by atoms with Gasteiger partial charge < -0.3 is 15.2 Å². The molecule has 0 fully saturated rings. The van der Waals surface area contributed by atoms with Crippen LogP contribution in [-0.4, -0.2) is 49.1 Å². The van der Waals surface area contributed by atoms with Crippen LogP contribution in [0.15, 0.2) is 28.9 Å². The first-order chi connectivity index (χ1) is 13.9. The number of anilines is 1. The number of aromatic nitrogens is 5. The second-order valence-electron chi connectivity index (χ2n) is 6.58. The van der Waals surface area contributed by atoms with Gasteiger partial charge in [0.25, 0.3) is 5.91 Å². The molecular formula is C18H17F2N7O2. The molecule has 0 unspecified atom stereocenters. The number of rotatable bonds is 6. The molecule has 4 rings (SSSR count). The standard InChI is InChI=1S/C18H17F2N7O2/c1-26(17(28)13-5-6-22-29-13)7-3-2-4-14-23-16-11-8-10(19)9-12(20)15(11)24-18(21)27(16)25-14/h5-6,8-9H,2-4,7H2,1H3,(H2,21,24). The van der Waals surface area contributed by atoms with E-state index in [1.807, 2.05) is 0 Å². The minimum Gasteiger partial charge on any atom is -0.368 e. The second kappa shape index (κ2) is 7.41. The molecule has 29 heavy (non-hydrogen) atoms. The third-order valence-electron chi connectivity index (χ3n) is 4.50. The molecule has 11 heteroatoms. The lowest BCUT2D eigenvalue weighted by molar-refractivity contribution is 0.0751. The lowest BCUT2D eigenvalue weighted by Crippen LogP contribution is -2.27. The predicted octanol–water partition coefficient (Wildman–Crippen LogP) is 2.22. The summed E-state index contributed by atoms with van der Waals surface area (Å²) in [4.78, 5) is 22.0. The Bertz CT molecular complexity index is 1190. The quantitative estimate of drug-likeness (QED) is 0.493. The van der Waals surface area contributed by atoms with Gasteiger partial charge in [-0.15, -0.1) is 5.10 Å². The number of carbonyl (C=O) groups excluding carboxylic acids is 1. The van der Waals surface area contributed by atoms with Crippen LogP contribution in [0.2, 0.25) is 0 Å². The minimum absolute atomic E-state index is 0.0332. The van der Waals surface area contributed by atoms with Crippen LogP contribution in [0.25, 0.3) is 16.6 Å². The maximum atomic E-state index is 14.0. The van der Waals surface area contributed by atoms with Gasteiger partial charge in [0.1, 0.15) is 11.3 Å². The normalized spacial score (nSPS) is 11.4. The Balaban J connectivity index is 1.46. The predicted molar refractivity (Wildman–Crippen MR) is 99.0 cm³/mol. The van der Waals surface area contributed by atoms with Crippen LogP contribution in [0.3, 0.4) is 0 Å². The summed E-state index contributed by atoms with van der Waals surface area (Å²) < 4.78 is 33.7. The average Bonchev–Trinajstić information content (AvgIpc) is 3.36. The smallest absolute Gasteiger partial charge is 0.292 e. The Hall–Kier alpha value is -3.63. The third kappa shape index (κ3) is 3.58. The van der Waals surface area contributed by atoms with Gasteiger partial charge in [-0.1, -0.05) is 5.16 Å². The number of benzene rings is 1. The molecule has 0 aliphatic heterocycles. The van der Waals surface area contributed by atoms with Crippen molar-refractivity contribution in [2.45, 2.75) is 19.3 Å². The van der Waals surface area contributed by atoms with Gasteiger partial charge in [0.2, 0.25) is 11.7 Å². The van der Waals surface area contributed by atoms with E-state index in [-0.39, 0.29) is 34.2 Å². The molecule has 0 saturated heterocycles. The molecule has 2 N–H and O–H groups in total. The van der Waals surface area contributed by atoms with Gasteiger partial charge in [-0.3, -0.25) is 4.79 Å². The summed E-state index contributed by atoms with van der Waals surface area (Å²) in [6.45, 7) is 0.510. The van der Waals surface area contributed by atoms with Crippen molar-refractivity contribution in [3.8, 4) is 0 Å². The van der Waals surface area contributed by atoms with E-state index in [1.54, 1.807) is 11.9 Å². The maximum Gasteiger partial charge on any atom is 0.292 e. The van der Waals surface area contributed by atoms with Crippen LogP contribution < -0.4 is 5.73 Å². The van der Waals surface area contributed by atoms with Gasteiger partial charge >= 0.3 is 0 Å². The highest BCUT2D eigenvalue weighted by atomic mass is 19.1. The van der Waals surface area contributed by atoms with Crippen molar-refractivity contribution in [2.75, 3.05) is 19.3 Å². The zero-order valence-corrected chi connectivity index (χ0v) is 15.5. The molecule has 9 nitrogen and oxygen atoms in total. The first-order valence-corrected chi connectivity index (χ1v) is 8.90. The number of hydrogen-bond acceptors (Lipinski definition) is 7. The summed E-state index contributed by atoms with van der Waals surface area (Å²) in [6.07, 6.45) is 3.31. The average molecular weight is 401 g/mol. The zero-order valence-electron chi connectivity index (χ0n) is 15.5. The second-order valence-corrected chi connectivity index (χ2v) is 6.58. The summed E-state index contributed by atoms with van der Waals surface area (Å²) in [5, 5.41) is 8.00. The van der Waals surface area contributed by atoms with Crippen molar-refractivity contribution in [3.63, 3.8) is 0 Å². The Labute approximate surface area is 163 Å². The topological polar surface area (TPSA) is 115 Å². The number of unbranched alkanes of at least 4 members (excludes halogenated alkanes) is 1. The lowest BCUT2D eigenvalue weighted by Gasteiger charge is -2.14. The SMILES string of the molecule is CN(CCCCc1nc2c3cc(F)cc(F)c3nc(N)n2n1)C(=O)c1ccno1. The number of hydrogen-bond donors (Lipinski definition) is 1. The van der Waals surface area contributed by atoms with Crippen LogP contribution in [0.4, 0.5) is 14.7 Å². The Kier molecular flexibility index (Phi) is 4.79. The molecule has 0 spiro atoms. The summed E-state index contributed by atoms with van der Waals surface area (Å²) in [6, 6.07) is 3.41. The number of nitrogens with zero attached hydrogens (tertiary/aromatic N) is 6. The Morgan fingerprint density at radius 2 is 2.10 bits per heavy atom. The Morgan fingerprint density at radius 3 is 2.86 bits per heavy atom.